The van der Waals surface area contributed by atoms with Crippen molar-refractivity contribution in [2.75, 3.05) is 45.9 Å². The largest absolute Gasteiger partial charge is 0.379 e. The maximum absolute atomic E-state index is 12.9. The normalized spacial score (nSPS) is 24.8. The van der Waals surface area contributed by atoms with E-state index >= 15 is 0 Å². The van der Waals surface area contributed by atoms with E-state index in [9.17, 15) is 9.59 Å². The van der Waals surface area contributed by atoms with Crippen LogP contribution in [0, 0.1) is 5.92 Å². The third kappa shape index (κ3) is 4.55. The molecule has 1 atom stereocenters. The summed E-state index contributed by atoms with van der Waals surface area (Å²) in [6.07, 6.45) is 4.09. The summed E-state index contributed by atoms with van der Waals surface area (Å²) in [6, 6.07) is 10.2. The van der Waals surface area contributed by atoms with Crippen LogP contribution in [0.4, 0.5) is 0 Å². The number of carbonyl (C=O) groups excluding carboxylic acids is 2. The summed E-state index contributed by atoms with van der Waals surface area (Å²) < 4.78 is 5.38. The summed E-state index contributed by atoms with van der Waals surface area (Å²) in [6.45, 7) is 5.83. The van der Waals surface area contributed by atoms with Gasteiger partial charge in [0.25, 0.3) is 0 Å². The van der Waals surface area contributed by atoms with Crippen molar-refractivity contribution in [1.29, 1.82) is 0 Å². The highest BCUT2D eigenvalue weighted by atomic mass is 16.5. The predicted molar refractivity (Wildman–Crippen MR) is 107 cm³/mol. The average Bonchev–Trinajstić information content (AvgIpc) is 3.51. The van der Waals surface area contributed by atoms with E-state index in [2.05, 4.69) is 22.3 Å². The summed E-state index contributed by atoms with van der Waals surface area (Å²) >= 11 is 0. The number of hydrogen-bond acceptors (Lipinski definition) is 4. The minimum atomic E-state index is -0.180. The molecule has 2 saturated heterocycles. The van der Waals surface area contributed by atoms with Gasteiger partial charge in [-0.15, -0.1) is 0 Å². The predicted octanol–water partition coefficient (Wildman–Crippen LogP) is 1.75. The Hall–Kier alpha value is -1.92. The molecule has 6 nitrogen and oxygen atoms in total. The molecule has 1 aliphatic carbocycles. The number of piperidine rings is 1. The van der Waals surface area contributed by atoms with Crippen LogP contribution >= 0.6 is 0 Å². The van der Waals surface area contributed by atoms with Crippen molar-refractivity contribution in [2.45, 2.75) is 37.6 Å². The highest BCUT2D eigenvalue weighted by molar-refractivity contribution is 5.84. The Morgan fingerprint density at radius 2 is 1.89 bits per heavy atom. The first-order valence-corrected chi connectivity index (χ1v) is 10.6. The zero-order valence-electron chi connectivity index (χ0n) is 16.6. The molecule has 1 saturated carbocycles. The van der Waals surface area contributed by atoms with Crippen molar-refractivity contribution in [3.63, 3.8) is 0 Å². The fourth-order valence-electron chi connectivity index (χ4n) is 4.36. The van der Waals surface area contributed by atoms with Gasteiger partial charge < -0.3 is 15.0 Å². The van der Waals surface area contributed by atoms with Gasteiger partial charge in [0, 0.05) is 39.1 Å². The molecule has 3 fully saturated rings. The molecular weight excluding hydrogens is 354 g/mol. The van der Waals surface area contributed by atoms with Crippen molar-refractivity contribution in [3.05, 3.63) is 35.9 Å². The second kappa shape index (κ2) is 8.62. The lowest BCUT2D eigenvalue weighted by molar-refractivity contribution is -0.138. The second-order valence-corrected chi connectivity index (χ2v) is 8.32. The van der Waals surface area contributed by atoms with Crippen molar-refractivity contribution >= 4 is 11.8 Å². The molecule has 0 bridgehead atoms. The molecule has 2 amide bonds. The van der Waals surface area contributed by atoms with Crippen molar-refractivity contribution in [1.82, 2.24) is 15.1 Å². The molecule has 1 aromatic carbocycles. The van der Waals surface area contributed by atoms with Crippen LogP contribution in [0.2, 0.25) is 0 Å². The van der Waals surface area contributed by atoms with Crippen LogP contribution in [-0.4, -0.2) is 67.6 Å². The monoisotopic (exact) mass is 385 g/mol. The number of ether oxygens (including phenoxy) is 1. The zero-order chi connectivity index (χ0) is 19.4. The molecule has 0 radical (unpaired) electrons. The highest BCUT2D eigenvalue weighted by Crippen LogP contribution is 2.45. The van der Waals surface area contributed by atoms with E-state index in [4.69, 9.17) is 4.74 Å². The van der Waals surface area contributed by atoms with Gasteiger partial charge in [0.15, 0.2) is 0 Å². The van der Waals surface area contributed by atoms with Crippen LogP contribution in [0.25, 0.3) is 0 Å². The molecule has 0 unspecified atom stereocenters. The van der Waals surface area contributed by atoms with E-state index < -0.39 is 0 Å². The fourth-order valence-corrected chi connectivity index (χ4v) is 4.36. The molecule has 0 spiro atoms. The van der Waals surface area contributed by atoms with Gasteiger partial charge in [-0.25, -0.2) is 0 Å². The lowest BCUT2D eigenvalue weighted by Gasteiger charge is -2.34. The third-order valence-corrected chi connectivity index (χ3v) is 6.32. The number of carbonyl (C=O) groups is 2. The molecule has 1 aromatic rings. The number of rotatable bonds is 7. The number of nitrogens with one attached hydrogen (secondary N) is 1. The SMILES string of the molecule is O=C(NC1(c2ccccc2)CC1)[C@@H]1CCC(=O)N(CCCN2CCOCC2)C1. The summed E-state index contributed by atoms with van der Waals surface area (Å²) in [5.41, 5.74) is 1.01. The first-order valence-electron chi connectivity index (χ1n) is 10.6. The van der Waals surface area contributed by atoms with E-state index in [1.54, 1.807) is 0 Å². The van der Waals surface area contributed by atoms with E-state index in [1.165, 1.54) is 5.56 Å². The summed E-state index contributed by atoms with van der Waals surface area (Å²) in [5, 5.41) is 3.30. The smallest absolute Gasteiger partial charge is 0.225 e. The van der Waals surface area contributed by atoms with Crippen molar-refractivity contribution in [3.8, 4) is 0 Å². The molecule has 4 rings (SSSR count). The minimum Gasteiger partial charge on any atom is -0.379 e. The molecule has 0 aromatic heterocycles. The molecule has 1 N–H and O–H groups in total. The Morgan fingerprint density at radius 3 is 2.61 bits per heavy atom. The van der Waals surface area contributed by atoms with Gasteiger partial charge in [0.1, 0.15) is 0 Å². The standard InChI is InChI=1S/C22H31N3O3/c26-20-8-7-18(17-25(20)12-4-11-24-13-15-28-16-14-24)21(27)23-22(9-10-22)19-5-2-1-3-6-19/h1-3,5-6,18H,4,7-17H2,(H,23,27)/t18-/m1/s1. The van der Waals surface area contributed by atoms with E-state index in [0.717, 1.165) is 58.7 Å². The molecule has 6 heteroatoms. The van der Waals surface area contributed by atoms with Gasteiger partial charge in [-0.2, -0.15) is 0 Å². The number of nitrogens with zero attached hydrogens (tertiary/aromatic N) is 2. The number of morpholine rings is 1. The Labute approximate surface area is 167 Å². The second-order valence-electron chi connectivity index (χ2n) is 8.32. The minimum absolute atomic E-state index is 0.0951. The molecular formula is C22H31N3O3. The van der Waals surface area contributed by atoms with E-state index in [1.807, 2.05) is 23.1 Å². The Bertz CT molecular complexity index is 684. The first-order chi connectivity index (χ1) is 13.7. The fraction of sp³-hybridized carbons (Fsp3) is 0.636. The first kappa shape index (κ1) is 19.4. The van der Waals surface area contributed by atoms with Crippen LogP contribution in [0.1, 0.15) is 37.7 Å². The summed E-state index contributed by atoms with van der Waals surface area (Å²) in [7, 11) is 0. The van der Waals surface area contributed by atoms with Crippen LogP contribution < -0.4 is 5.32 Å². The lowest BCUT2D eigenvalue weighted by Crippen LogP contribution is -2.48. The topological polar surface area (TPSA) is 61.9 Å². The van der Waals surface area contributed by atoms with Gasteiger partial charge in [-0.1, -0.05) is 30.3 Å². The van der Waals surface area contributed by atoms with Gasteiger partial charge in [-0.05, 0) is 31.2 Å². The number of amides is 2. The molecule has 2 heterocycles. The molecule has 2 aliphatic heterocycles. The maximum Gasteiger partial charge on any atom is 0.225 e. The van der Waals surface area contributed by atoms with Crippen LogP contribution in [0.3, 0.4) is 0 Å². The van der Waals surface area contributed by atoms with Crippen LogP contribution in [-0.2, 0) is 19.9 Å². The van der Waals surface area contributed by atoms with Crippen molar-refractivity contribution in [2.24, 2.45) is 5.92 Å². The van der Waals surface area contributed by atoms with Gasteiger partial charge in [-0.3, -0.25) is 14.5 Å². The molecule has 152 valence electrons. The van der Waals surface area contributed by atoms with Crippen molar-refractivity contribution < 1.29 is 14.3 Å². The van der Waals surface area contributed by atoms with E-state index in [0.29, 0.717) is 19.4 Å². The highest BCUT2D eigenvalue weighted by Gasteiger charge is 2.46. The zero-order valence-corrected chi connectivity index (χ0v) is 16.6. The van der Waals surface area contributed by atoms with Crippen LogP contribution in [0.15, 0.2) is 30.3 Å². The Morgan fingerprint density at radius 1 is 1.14 bits per heavy atom. The Kier molecular flexibility index (Phi) is 5.97. The number of hydrogen-bond donors (Lipinski definition) is 1. The van der Waals surface area contributed by atoms with Gasteiger partial charge in [0.05, 0.1) is 24.7 Å². The van der Waals surface area contributed by atoms with Crippen LogP contribution in [0.5, 0.6) is 0 Å². The third-order valence-electron chi connectivity index (χ3n) is 6.32. The number of benzene rings is 1. The Balaban J connectivity index is 1.28. The van der Waals surface area contributed by atoms with Gasteiger partial charge in [0.2, 0.25) is 11.8 Å². The summed E-state index contributed by atoms with van der Waals surface area (Å²) in [4.78, 5) is 29.5. The lowest BCUT2D eigenvalue weighted by atomic mass is 9.95. The number of likely N-dealkylation sites (tertiary alicyclic amines) is 1. The quantitative estimate of drug-likeness (QED) is 0.777. The average molecular weight is 386 g/mol. The van der Waals surface area contributed by atoms with Gasteiger partial charge >= 0.3 is 0 Å². The summed E-state index contributed by atoms with van der Waals surface area (Å²) in [5.74, 6) is 0.199. The molecule has 3 aliphatic rings. The molecule has 28 heavy (non-hydrogen) atoms. The van der Waals surface area contributed by atoms with E-state index in [-0.39, 0.29) is 23.3 Å². The maximum atomic E-state index is 12.9.